The number of amides is 1. The van der Waals surface area contributed by atoms with Gasteiger partial charge in [-0.1, -0.05) is 13.0 Å². The number of aryl methyl sites for hydroxylation is 1. The molecule has 0 spiro atoms. The minimum absolute atomic E-state index is 0.327. The van der Waals surface area contributed by atoms with Crippen molar-refractivity contribution in [3.8, 4) is 0 Å². The van der Waals surface area contributed by atoms with Gasteiger partial charge in [0, 0.05) is 24.4 Å². The molecule has 0 bridgehead atoms. The van der Waals surface area contributed by atoms with Crippen LogP contribution in [0.1, 0.15) is 24.6 Å². The summed E-state index contributed by atoms with van der Waals surface area (Å²) in [5.74, 6) is 1.02. The van der Waals surface area contributed by atoms with E-state index < -0.39 is 0 Å². The van der Waals surface area contributed by atoms with Gasteiger partial charge < -0.3 is 4.90 Å². The van der Waals surface area contributed by atoms with Crippen molar-refractivity contribution in [1.82, 2.24) is 4.90 Å². The molecule has 2 heterocycles. The SMILES string of the molecule is CC1CCN(C(=O)CCc2cccs2)C1. The van der Waals surface area contributed by atoms with Crippen LogP contribution < -0.4 is 0 Å². The number of hydrogen-bond donors (Lipinski definition) is 0. The fourth-order valence-electron chi connectivity index (χ4n) is 2.00. The van der Waals surface area contributed by atoms with Gasteiger partial charge in [-0.15, -0.1) is 11.3 Å². The topological polar surface area (TPSA) is 20.3 Å². The van der Waals surface area contributed by atoms with Gasteiger partial charge in [0.05, 0.1) is 0 Å². The Morgan fingerprint density at radius 3 is 3.13 bits per heavy atom. The molecule has 1 atom stereocenters. The first kappa shape index (κ1) is 10.7. The normalized spacial score (nSPS) is 20.9. The number of nitrogens with zero attached hydrogens (tertiary/aromatic N) is 1. The predicted molar refractivity (Wildman–Crippen MR) is 63.0 cm³/mol. The molecule has 0 N–H and O–H groups in total. The van der Waals surface area contributed by atoms with Crippen LogP contribution in [0.3, 0.4) is 0 Å². The number of carbonyl (C=O) groups is 1. The van der Waals surface area contributed by atoms with Crippen molar-refractivity contribution in [3.63, 3.8) is 0 Å². The van der Waals surface area contributed by atoms with E-state index in [0.717, 1.165) is 19.5 Å². The number of carbonyl (C=O) groups excluding carboxylic acids is 1. The summed E-state index contributed by atoms with van der Waals surface area (Å²) in [5.41, 5.74) is 0. The van der Waals surface area contributed by atoms with Crippen LogP contribution in [-0.2, 0) is 11.2 Å². The lowest BCUT2D eigenvalue weighted by Gasteiger charge is -2.15. The average molecular weight is 223 g/mol. The van der Waals surface area contributed by atoms with Gasteiger partial charge in [0.15, 0.2) is 0 Å². The summed E-state index contributed by atoms with van der Waals surface area (Å²) in [7, 11) is 0. The summed E-state index contributed by atoms with van der Waals surface area (Å²) in [6.07, 6.45) is 2.75. The highest BCUT2D eigenvalue weighted by Gasteiger charge is 2.22. The lowest BCUT2D eigenvalue weighted by molar-refractivity contribution is -0.130. The standard InChI is InChI=1S/C12H17NOS/c1-10-6-7-13(9-10)12(14)5-4-11-3-2-8-15-11/h2-3,8,10H,4-7,9H2,1H3. The maximum absolute atomic E-state index is 11.8. The highest BCUT2D eigenvalue weighted by atomic mass is 32.1. The maximum Gasteiger partial charge on any atom is 0.222 e. The van der Waals surface area contributed by atoms with E-state index in [2.05, 4.69) is 18.4 Å². The molecular formula is C12H17NOS. The first-order chi connectivity index (χ1) is 7.25. The minimum Gasteiger partial charge on any atom is -0.342 e. The number of thiophene rings is 1. The van der Waals surface area contributed by atoms with E-state index in [1.54, 1.807) is 11.3 Å². The Bertz CT molecular complexity index is 320. The van der Waals surface area contributed by atoms with Crippen LogP contribution in [0.25, 0.3) is 0 Å². The summed E-state index contributed by atoms with van der Waals surface area (Å²) in [5, 5.41) is 2.07. The zero-order chi connectivity index (χ0) is 10.7. The van der Waals surface area contributed by atoms with E-state index in [0.29, 0.717) is 18.2 Å². The van der Waals surface area contributed by atoms with Gasteiger partial charge in [-0.05, 0) is 30.2 Å². The van der Waals surface area contributed by atoms with Crippen LogP contribution >= 0.6 is 11.3 Å². The summed E-state index contributed by atoms with van der Waals surface area (Å²) >= 11 is 1.74. The molecule has 82 valence electrons. The number of rotatable bonds is 3. The fourth-order valence-corrected chi connectivity index (χ4v) is 2.71. The molecule has 0 aliphatic carbocycles. The third-order valence-electron chi connectivity index (χ3n) is 2.94. The molecule has 3 heteroatoms. The minimum atomic E-state index is 0.327. The monoisotopic (exact) mass is 223 g/mol. The van der Waals surface area contributed by atoms with Crippen molar-refractivity contribution in [3.05, 3.63) is 22.4 Å². The van der Waals surface area contributed by atoms with Gasteiger partial charge in [0.1, 0.15) is 0 Å². The molecule has 1 aliphatic rings. The van der Waals surface area contributed by atoms with Gasteiger partial charge in [-0.2, -0.15) is 0 Å². The molecule has 15 heavy (non-hydrogen) atoms. The average Bonchev–Trinajstić information content (AvgIpc) is 2.84. The molecule has 0 aromatic carbocycles. The predicted octanol–water partition coefficient (Wildman–Crippen LogP) is 2.55. The van der Waals surface area contributed by atoms with E-state index in [9.17, 15) is 4.79 Å². The third kappa shape index (κ3) is 2.81. The second kappa shape index (κ2) is 4.79. The van der Waals surface area contributed by atoms with Crippen molar-refractivity contribution < 1.29 is 4.79 Å². The molecule has 2 nitrogen and oxygen atoms in total. The van der Waals surface area contributed by atoms with Crippen LogP contribution in [-0.4, -0.2) is 23.9 Å². The molecule has 1 amide bonds. The van der Waals surface area contributed by atoms with E-state index in [-0.39, 0.29) is 0 Å². The van der Waals surface area contributed by atoms with Gasteiger partial charge in [0.2, 0.25) is 5.91 Å². The molecule has 1 unspecified atom stereocenters. The van der Waals surface area contributed by atoms with Crippen molar-refractivity contribution in [1.29, 1.82) is 0 Å². The summed E-state index contributed by atoms with van der Waals surface area (Å²) < 4.78 is 0. The Labute approximate surface area is 94.9 Å². The molecule has 1 saturated heterocycles. The van der Waals surface area contributed by atoms with Crippen LogP contribution in [0.5, 0.6) is 0 Å². The zero-order valence-corrected chi connectivity index (χ0v) is 9.93. The van der Waals surface area contributed by atoms with Gasteiger partial charge in [-0.3, -0.25) is 4.79 Å². The molecule has 2 rings (SSSR count). The zero-order valence-electron chi connectivity index (χ0n) is 9.11. The Morgan fingerprint density at radius 2 is 2.53 bits per heavy atom. The Morgan fingerprint density at radius 1 is 1.67 bits per heavy atom. The quantitative estimate of drug-likeness (QED) is 0.771. The molecule has 1 aromatic rings. The van der Waals surface area contributed by atoms with Gasteiger partial charge in [-0.25, -0.2) is 0 Å². The lowest BCUT2D eigenvalue weighted by Crippen LogP contribution is -2.28. The summed E-state index contributed by atoms with van der Waals surface area (Å²) in [6, 6.07) is 4.15. The molecule has 0 radical (unpaired) electrons. The molecule has 0 saturated carbocycles. The smallest absolute Gasteiger partial charge is 0.222 e. The second-order valence-electron chi connectivity index (χ2n) is 4.31. The first-order valence-electron chi connectivity index (χ1n) is 5.56. The van der Waals surface area contributed by atoms with Crippen molar-refractivity contribution in [2.45, 2.75) is 26.2 Å². The number of likely N-dealkylation sites (tertiary alicyclic amines) is 1. The molecular weight excluding hydrogens is 206 g/mol. The summed E-state index contributed by atoms with van der Waals surface area (Å²) in [4.78, 5) is 15.1. The first-order valence-corrected chi connectivity index (χ1v) is 6.44. The second-order valence-corrected chi connectivity index (χ2v) is 5.35. The largest absolute Gasteiger partial charge is 0.342 e. The Balaban J connectivity index is 1.78. The Kier molecular flexibility index (Phi) is 3.41. The summed E-state index contributed by atoms with van der Waals surface area (Å²) in [6.45, 7) is 4.14. The molecule has 1 aromatic heterocycles. The van der Waals surface area contributed by atoms with Crippen LogP contribution in [0.15, 0.2) is 17.5 Å². The van der Waals surface area contributed by atoms with E-state index in [4.69, 9.17) is 0 Å². The Hall–Kier alpha value is -0.830. The van der Waals surface area contributed by atoms with Crippen molar-refractivity contribution in [2.24, 2.45) is 5.92 Å². The van der Waals surface area contributed by atoms with E-state index >= 15 is 0 Å². The molecule has 1 aliphatic heterocycles. The highest BCUT2D eigenvalue weighted by molar-refractivity contribution is 7.09. The van der Waals surface area contributed by atoms with Crippen molar-refractivity contribution >= 4 is 17.2 Å². The van der Waals surface area contributed by atoms with Crippen LogP contribution in [0.4, 0.5) is 0 Å². The molecule has 1 fully saturated rings. The lowest BCUT2D eigenvalue weighted by atomic mass is 10.2. The third-order valence-corrected chi connectivity index (χ3v) is 3.88. The van der Waals surface area contributed by atoms with E-state index in [1.165, 1.54) is 11.3 Å². The van der Waals surface area contributed by atoms with Gasteiger partial charge in [0.25, 0.3) is 0 Å². The number of hydrogen-bond acceptors (Lipinski definition) is 2. The van der Waals surface area contributed by atoms with Crippen molar-refractivity contribution in [2.75, 3.05) is 13.1 Å². The van der Waals surface area contributed by atoms with Gasteiger partial charge >= 0.3 is 0 Å². The maximum atomic E-state index is 11.8. The van der Waals surface area contributed by atoms with Crippen LogP contribution in [0.2, 0.25) is 0 Å². The fraction of sp³-hybridized carbons (Fsp3) is 0.583. The highest BCUT2D eigenvalue weighted by Crippen LogP contribution is 2.17. The van der Waals surface area contributed by atoms with E-state index in [1.807, 2.05) is 11.0 Å². The van der Waals surface area contributed by atoms with Crippen LogP contribution in [0, 0.1) is 5.92 Å².